The minimum Gasteiger partial charge on any atom is -0.387 e. The molecule has 0 saturated carbocycles. The van der Waals surface area contributed by atoms with Crippen LogP contribution >= 0.6 is 11.3 Å². The lowest BCUT2D eigenvalue weighted by Crippen LogP contribution is -2.23. The van der Waals surface area contributed by atoms with Crippen molar-refractivity contribution in [3.63, 3.8) is 0 Å². The number of rotatable bonds is 4. The summed E-state index contributed by atoms with van der Waals surface area (Å²) in [5.41, 5.74) is 2.80. The summed E-state index contributed by atoms with van der Waals surface area (Å²) in [7, 11) is 1.82. The lowest BCUT2D eigenvalue weighted by atomic mass is 10.1. The first kappa shape index (κ1) is 13.6. The van der Waals surface area contributed by atoms with Crippen molar-refractivity contribution in [2.24, 2.45) is 0 Å². The van der Waals surface area contributed by atoms with Gasteiger partial charge in [-0.2, -0.15) is 0 Å². The molecular formula is C15H18N2OS. The molecule has 3 nitrogen and oxygen atoms in total. The van der Waals surface area contributed by atoms with Gasteiger partial charge in [0.15, 0.2) is 0 Å². The Labute approximate surface area is 117 Å². The molecule has 2 rings (SSSR count). The lowest BCUT2D eigenvalue weighted by Gasteiger charge is -2.08. The molecule has 0 aliphatic rings. The normalized spacial score (nSPS) is 10.3. The summed E-state index contributed by atoms with van der Waals surface area (Å²) < 4.78 is 0. The smallest absolute Gasteiger partial charge is 0.253 e. The molecule has 0 radical (unpaired) electrons. The Morgan fingerprint density at radius 2 is 2.00 bits per heavy atom. The van der Waals surface area contributed by atoms with Gasteiger partial charge in [0.05, 0.1) is 12.1 Å². The quantitative estimate of drug-likeness (QED) is 0.898. The summed E-state index contributed by atoms with van der Waals surface area (Å²) in [6, 6.07) is 9.63. The number of hydrogen-bond donors (Lipinski definition) is 2. The van der Waals surface area contributed by atoms with Gasteiger partial charge in [-0.05, 0) is 37.6 Å². The highest BCUT2D eigenvalue weighted by Gasteiger charge is 2.10. The number of nitrogens with one attached hydrogen (secondary N) is 2. The molecule has 1 aromatic heterocycles. The molecule has 1 amide bonds. The number of carbonyl (C=O) groups is 1. The van der Waals surface area contributed by atoms with Crippen LogP contribution in [-0.4, -0.2) is 13.0 Å². The summed E-state index contributed by atoms with van der Waals surface area (Å²) in [5, 5.41) is 5.99. The fourth-order valence-corrected chi connectivity index (χ4v) is 2.89. The predicted octanol–water partition coefficient (Wildman–Crippen LogP) is 3.34. The molecule has 0 fully saturated rings. The van der Waals surface area contributed by atoms with Crippen LogP contribution in [0.15, 0.2) is 30.3 Å². The Morgan fingerprint density at radius 1 is 1.26 bits per heavy atom. The molecule has 0 unspecified atom stereocenters. The van der Waals surface area contributed by atoms with Gasteiger partial charge in [0.1, 0.15) is 0 Å². The zero-order valence-electron chi connectivity index (χ0n) is 11.4. The minimum atomic E-state index is -0.0475. The molecule has 1 aromatic carbocycles. The fraction of sp³-hybridized carbons (Fsp3) is 0.267. The Kier molecular flexibility index (Phi) is 4.22. The van der Waals surface area contributed by atoms with Crippen LogP contribution in [0.25, 0.3) is 0 Å². The van der Waals surface area contributed by atoms with Crippen LogP contribution in [0.5, 0.6) is 0 Å². The molecular weight excluding hydrogens is 256 g/mol. The third kappa shape index (κ3) is 3.15. The van der Waals surface area contributed by atoms with Crippen molar-refractivity contribution in [3.05, 3.63) is 51.2 Å². The van der Waals surface area contributed by atoms with Gasteiger partial charge in [0, 0.05) is 22.5 Å². The van der Waals surface area contributed by atoms with Gasteiger partial charge in [0.25, 0.3) is 5.91 Å². The van der Waals surface area contributed by atoms with E-state index in [1.165, 1.54) is 15.3 Å². The second kappa shape index (κ2) is 5.89. The number of para-hydroxylation sites is 1. The molecule has 100 valence electrons. The van der Waals surface area contributed by atoms with Crippen LogP contribution in [0.3, 0.4) is 0 Å². The molecule has 0 atom stereocenters. The van der Waals surface area contributed by atoms with E-state index in [-0.39, 0.29) is 5.91 Å². The maximum Gasteiger partial charge on any atom is 0.253 e. The standard InChI is InChI=1S/C15H18N2OS/c1-10-8-12(19-11(10)2)9-17-15(18)13-6-4-5-7-14(13)16-3/h4-8,16H,9H2,1-3H3,(H,17,18). The molecule has 4 heteroatoms. The third-order valence-electron chi connectivity index (χ3n) is 3.08. The van der Waals surface area contributed by atoms with Gasteiger partial charge in [-0.1, -0.05) is 12.1 Å². The molecule has 2 aromatic rings. The highest BCUT2D eigenvalue weighted by molar-refractivity contribution is 7.12. The van der Waals surface area contributed by atoms with E-state index in [9.17, 15) is 4.79 Å². The number of benzene rings is 1. The van der Waals surface area contributed by atoms with Crippen molar-refractivity contribution < 1.29 is 4.79 Å². The first-order valence-electron chi connectivity index (χ1n) is 6.22. The highest BCUT2D eigenvalue weighted by atomic mass is 32.1. The van der Waals surface area contributed by atoms with Crippen LogP contribution in [0.4, 0.5) is 5.69 Å². The predicted molar refractivity (Wildman–Crippen MR) is 81.0 cm³/mol. The van der Waals surface area contributed by atoms with Crippen LogP contribution in [0, 0.1) is 13.8 Å². The van der Waals surface area contributed by atoms with Crippen molar-refractivity contribution >= 4 is 22.9 Å². The second-order valence-electron chi connectivity index (χ2n) is 4.43. The Morgan fingerprint density at radius 3 is 2.63 bits per heavy atom. The van der Waals surface area contributed by atoms with E-state index in [4.69, 9.17) is 0 Å². The fourth-order valence-electron chi connectivity index (χ4n) is 1.90. The van der Waals surface area contributed by atoms with Crippen LogP contribution in [-0.2, 0) is 6.54 Å². The second-order valence-corrected chi connectivity index (χ2v) is 5.77. The van der Waals surface area contributed by atoms with Crippen LogP contribution in [0.1, 0.15) is 25.7 Å². The Bertz CT molecular complexity index is 570. The van der Waals surface area contributed by atoms with Crippen LogP contribution < -0.4 is 10.6 Å². The van der Waals surface area contributed by atoms with Gasteiger partial charge in [-0.15, -0.1) is 11.3 Å². The zero-order chi connectivity index (χ0) is 13.8. The molecule has 1 heterocycles. The van der Waals surface area contributed by atoms with Gasteiger partial charge in [-0.25, -0.2) is 0 Å². The lowest BCUT2D eigenvalue weighted by molar-refractivity contribution is 0.0952. The number of amides is 1. The average molecular weight is 274 g/mol. The third-order valence-corrected chi connectivity index (χ3v) is 4.23. The molecule has 0 spiro atoms. The van der Waals surface area contributed by atoms with E-state index in [2.05, 4.69) is 30.5 Å². The number of carbonyl (C=O) groups excluding carboxylic acids is 1. The summed E-state index contributed by atoms with van der Waals surface area (Å²) in [6.45, 7) is 4.77. The molecule has 19 heavy (non-hydrogen) atoms. The van der Waals surface area contributed by atoms with Gasteiger partial charge < -0.3 is 10.6 Å². The summed E-state index contributed by atoms with van der Waals surface area (Å²) >= 11 is 1.73. The largest absolute Gasteiger partial charge is 0.387 e. The first-order chi connectivity index (χ1) is 9.11. The number of aryl methyl sites for hydroxylation is 2. The van der Waals surface area contributed by atoms with E-state index in [0.29, 0.717) is 12.1 Å². The van der Waals surface area contributed by atoms with Crippen molar-refractivity contribution in [2.75, 3.05) is 12.4 Å². The van der Waals surface area contributed by atoms with E-state index in [1.54, 1.807) is 11.3 Å². The monoisotopic (exact) mass is 274 g/mol. The molecule has 0 aliphatic carbocycles. The maximum atomic E-state index is 12.1. The van der Waals surface area contributed by atoms with E-state index < -0.39 is 0 Å². The van der Waals surface area contributed by atoms with E-state index in [1.807, 2.05) is 31.3 Å². The number of thiophene rings is 1. The summed E-state index contributed by atoms with van der Waals surface area (Å²) in [4.78, 5) is 14.6. The van der Waals surface area contributed by atoms with E-state index in [0.717, 1.165) is 5.69 Å². The van der Waals surface area contributed by atoms with Gasteiger partial charge in [-0.3, -0.25) is 4.79 Å². The average Bonchev–Trinajstić information content (AvgIpc) is 2.75. The van der Waals surface area contributed by atoms with E-state index >= 15 is 0 Å². The molecule has 0 aliphatic heterocycles. The molecule has 0 bridgehead atoms. The SMILES string of the molecule is CNc1ccccc1C(=O)NCc1cc(C)c(C)s1. The van der Waals surface area contributed by atoms with Crippen molar-refractivity contribution in [1.29, 1.82) is 0 Å². The van der Waals surface area contributed by atoms with Crippen LogP contribution in [0.2, 0.25) is 0 Å². The van der Waals surface area contributed by atoms with Gasteiger partial charge in [0.2, 0.25) is 0 Å². The van der Waals surface area contributed by atoms with Crippen molar-refractivity contribution in [1.82, 2.24) is 5.32 Å². The highest BCUT2D eigenvalue weighted by Crippen LogP contribution is 2.20. The van der Waals surface area contributed by atoms with Crippen molar-refractivity contribution in [2.45, 2.75) is 20.4 Å². The topological polar surface area (TPSA) is 41.1 Å². The Hall–Kier alpha value is -1.81. The Balaban J connectivity index is 2.05. The molecule has 2 N–H and O–H groups in total. The summed E-state index contributed by atoms with van der Waals surface area (Å²) in [5.74, 6) is -0.0475. The first-order valence-corrected chi connectivity index (χ1v) is 7.04. The molecule has 0 saturated heterocycles. The zero-order valence-corrected chi connectivity index (χ0v) is 12.2. The minimum absolute atomic E-state index is 0.0475. The van der Waals surface area contributed by atoms with Gasteiger partial charge >= 0.3 is 0 Å². The van der Waals surface area contributed by atoms with Crippen molar-refractivity contribution in [3.8, 4) is 0 Å². The number of anilines is 1. The summed E-state index contributed by atoms with van der Waals surface area (Å²) in [6.07, 6.45) is 0. The number of hydrogen-bond acceptors (Lipinski definition) is 3. The maximum absolute atomic E-state index is 12.1.